The van der Waals surface area contributed by atoms with Gasteiger partial charge in [0, 0.05) is 23.3 Å². The third-order valence-corrected chi connectivity index (χ3v) is 9.11. The van der Waals surface area contributed by atoms with Crippen LogP contribution in [0.25, 0.3) is 17.0 Å². The zero-order valence-electron chi connectivity index (χ0n) is 25.1. The average Bonchev–Trinajstić information content (AvgIpc) is 2.91. The van der Waals surface area contributed by atoms with Gasteiger partial charge in [-0.2, -0.15) is 0 Å². The van der Waals surface area contributed by atoms with Gasteiger partial charge in [-0.05, 0) is 86.9 Å². The zero-order valence-corrected chi connectivity index (χ0v) is 25.1. The normalized spacial score (nSPS) is 25.5. The highest BCUT2D eigenvalue weighted by Gasteiger charge is 2.64. The molecule has 0 spiro atoms. The summed E-state index contributed by atoms with van der Waals surface area (Å²) in [4.78, 5) is 45.8. The lowest BCUT2D eigenvalue weighted by Gasteiger charge is -2.50. The Morgan fingerprint density at radius 3 is 2.44 bits per heavy atom. The van der Waals surface area contributed by atoms with E-state index in [1.807, 2.05) is 18.2 Å². The second kappa shape index (κ2) is 10.6. The number of aromatic hydroxyl groups is 1. The number of benzene rings is 1. The predicted molar refractivity (Wildman–Crippen MR) is 160 cm³/mol. The number of aliphatic hydroxyl groups is 3. The first-order valence-corrected chi connectivity index (χ1v) is 14.5. The Bertz CT molecular complexity index is 1590. The van der Waals surface area contributed by atoms with Gasteiger partial charge in [-0.15, -0.1) is 0 Å². The Balaban J connectivity index is 1.72. The van der Waals surface area contributed by atoms with Crippen molar-refractivity contribution >= 4 is 23.2 Å². The summed E-state index contributed by atoms with van der Waals surface area (Å²) in [6, 6.07) is 6.22. The number of aromatic nitrogens is 1. The summed E-state index contributed by atoms with van der Waals surface area (Å²) in [7, 11) is 3.15. The molecular weight excluding hydrogens is 550 g/mol. The molecular formula is C33H39N3O7. The minimum atomic E-state index is -2.67. The molecule has 1 fully saturated rings. The number of hydrogen-bond donors (Lipinski definition) is 5. The van der Waals surface area contributed by atoms with Gasteiger partial charge in [-0.25, -0.2) is 0 Å². The van der Waals surface area contributed by atoms with E-state index in [0.29, 0.717) is 28.8 Å². The van der Waals surface area contributed by atoms with E-state index in [1.54, 1.807) is 26.4 Å². The number of nitrogens with zero attached hydrogens (tertiary/aromatic N) is 2. The van der Waals surface area contributed by atoms with Gasteiger partial charge in [0.25, 0.3) is 5.91 Å². The third kappa shape index (κ3) is 4.82. The van der Waals surface area contributed by atoms with Gasteiger partial charge in [0.05, 0.1) is 17.3 Å². The molecule has 0 saturated heterocycles. The highest BCUT2D eigenvalue weighted by molar-refractivity contribution is 6.24. The number of likely N-dealkylation sites (N-methyl/N-ethyl adjacent to an activating group) is 1. The van der Waals surface area contributed by atoms with E-state index < -0.39 is 58.0 Å². The quantitative estimate of drug-likeness (QED) is 0.316. The number of rotatable bonds is 6. The molecule has 1 aromatic carbocycles. The van der Waals surface area contributed by atoms with E-state index in [-0.39, 0.29) is 35.1 Å². The molecule has 0 unspecified atom stereocenters. The zero-order chi connectivity index (χ0) is 31.6. The number of primary amides is 1. The average molecular weight is 590 g/mol. The number of carbonyl (C=O) groups excluding carboxylic acids is 3. The highest BCUT2D eigenvalue weighted by atomic mass is 16.3. The van der Waals surface area contributed by atoms with Crippen LogP contribution in [0.2, 0.25) is 0 Å². The minimum Gasteiger partial charge on any atom is -0.508 e. The van der Waals surface area contributed by atoms with Gasteiger partial charge in [0.1, 0.15) is 22.8 Å². The highest BCUT2D eigenvalue weighted by Crippen LogP contribution is 2.54. The number of fused-ring (bicyclic) bond motifs is 3. The van der Waals surface area contributed by atoms with Crippen molar-refractivity contribution in [3.05, 3.63) is 64.1 Å². The molecule has 10 heteroatoms. The van der Waals surface area contributed by atoms with Crippen molar-refractivity contribution in [2.45, 2.75) is 64.5 Å². The fourth-order valence-electron chi connectivity index (χ4n) is 7.12. The van der Waals surface area contributed by atoms with E-state index in [1.165, 1.54) is 4.90 Å². The third-order valence-electron chi connectivity index (χ3n) is 9.11. The topological polar surface area (TPSA) is 174 Å². The van der Waals surface area contributed by atoms with Gasteiger partial charge in [0.15, 0.2) is 11.4 Å². The van der Waals surface area contributed by atoms with Crippen LogP contribution in [0.15, 0.2) is 47.4 Å². The molecule has 0 aliphatic heterocycles. The summed E-state index contributed by atoms with van der Waals surface area (Å²) in [5, 5.41) is 46.2. The summed E-state index contributed by atoms with van der Waals surface area (Å²) in [5.41, 5.74) is 4.44. The minimum absolute atomic E-state index is 0.0293. The van der Waals surface area contributed by atoms with Crippen LogP contribution in [0.5, 0.6) is 5.75 Å². The number of nitrogens with two attached hydrogens (primary N) is 1. The molecule has 1 saturated carbocycles. The summed E-state index contributed by atoms with van der Waals surface area (Å²) < 4.78 is 0. The van der Waals surface area contributed by atoms with Gasteiger partial charge in [-0.1, -0.05) is 26.8 Å². The van der Waals surface area contributed by atoms with E-state index in [0.717, 1.165) is 12.8 Å². The lowest BCUT2D eigenvalue weighted by Crippen LogP contribution is -2.65. The lowest BCUT2D eigenvalue weighted by atomic mass is 9.57. The van der Waals surface area contributed by atoms with Crippen LogP contribution in [0.1, 0.15) is 56.7 Å². The molecule has 43 heavy (non-hydrogen) atoms. The Hall–Kier alpha value is -4.02. The molecule has 1 heterocycles. The number of ketones is 2. The van der Waals surface area contributed by atoms with Gasteiger partial charge >= 0.3 is 0 Å². The molecule has 10 nitrogen and oxygen atoms in total. The number of Topliss-reactive ketones (excluding diaryl/α,β-unsaturated/α-hetero) is 2. The molecule has 0 radical (unpaired) electrons. The predicted octanol–water partition coefficient (Wildman–Crippen LogP) is 3.39. The monoisotopic (exact) mass is 589 g/mol. The first-order valence-electron chi connectivity index (χ1n) is 14.5. The second-order valence-electron chi connectivity index (χ2n) is 13.4. The van der Waals surface area contributed by atoms with Crippen molar-refractivity contribution in [1.82, 2.24) is 9.88 Å². The summed E-state index contributed by atoms with van der Waals surface area (Å²) in [6.07, 6.45) is 4.07. The van der Waals surface area contributed by atoms with Crippen molar-refractivity contribution in [1.29, 1.82) is 0 Å². The Morgan fingerprint density at radius 1 is 1.16 bits per heavy atom. The lowest BCUT2D eigenvalue weighted by molar-refractivity contribution is -0.153. The van der Waals surface area contributed by atoms with E-state index >= 15 is 0 Å². The largest absolute Gasteiger partial charge is 0.508 e. The smallest absolute Gasteiger partial charge is 0.255 e. The van der Waals surface area contributed by atoms with Crippen LogP contribution < -0.4 is 5.73 Å². The molecule has 3 aliphatic carbocycles. The van der Waals surface area contributed by atoms with Gasteiger partial charge < -0.3 is 26.2 Å². The first kappa shape index (κ1) is 30.4. The fraction of sp³-hybridized carbons (Fsp3) is 0.455. The maximum atomic E-state index is 14.2. The van der Waals surface area contributed by atoms with Crippen LogP contribution in [0.3, 0.4) is 0 Å². The maximum absolute atomic E-state index is 14.2. The number of hydrogen-bond acceptors (Lipinski definition) is 9. The number of aliphatic hydroxyl groups excluding tert-OH is 2. The number of pyridine rings is 1. The van der Waals surface area contributed by atoms with Gasteiger partial charge in [0.2, 0.25) is 5.78 Å². The van der Waals surface area contributed by atoms with Crippen molar-refractivity contribution < 1.29 is 34.8 Å². The van der Waals surface area contributed by atoms with Gasteiger partial charge in [-0.3, -0.25) is 24.3 Å². The molecule has 3 aliphatic rings. The van der Waals surface area contributed by atoms with E-state index in [9.17, 15) is 34.8 Å². The molecule has 2 aromatic rings. The van der Waals surface area contributed by atoms with Crippen LogP contribution >= 0.6 is 0 Å². The summed E-state index contributed by atoms with van der Waals surface area (Å²) >= 11 is 0. The SMILES string of the molecule is CN(C)[C@H]1C(=O)C(C(N)=O)=C(O)[C@@]2(O)C(=O)C3=C(O)c4c(O)c(CCCC(C)(C)C)cc(-c5ccccn5)c4C[C@H]3C[C@@H]12. The molecule has 228 valence electrons. The van der Waals surface area contributed by atoms with Crippen LogP contribution in [0.4, 0.5) is 0 Å². The Labute approximate surface area is 250 Å². The number of aryl methyl sites for hydroxylation is 1. The van der Waals surface area contributed by atoms with E-state index in [4.69, 9.17) is 5.73 Å². The number of phenolic OH excluding ortho intramolecular Hbond substituents is 1. The first-order chi connectivity index (χ1) is 20.1. The molecule has 5 rings (SSSR count). The molecule has 0 bridgehead atoms. The van der Waals surface area contributed by atoms with Crippen LogP contribution in [-0.4, -0.2) is 73.5 Å². The molecule has 4 atom stereocenters. The summed E-state index contributed by atoms with van der Waals surface area (Å²) in [6.45, 7) is 6.40. The summed E-state index contributed by atoms with van der Waals surface area (Å²) in [5.74, 6) is -6.60. The number of phenols is 1. The molecule has 1 aromatic heterocycles. The maximum Gasteiger partial charge on any atom is 0.255 e. The van der Waals surface area contributed by atoms with Crippen molar-refractivity contribution in [2.24, 2.45) is 23.0 Å². The standard InChI is InChI=1S/C33H39N3O7/c1-32(2,3)11-8-9-16-13-18(21-10-6-7-12-35-21)19-14-17-15-20-25(36(4)5)28(39)24(31(34)42)30(41)33(20,43)29(40)22(17)27(38)23(19)26(16)37/h6-7,10,12-13,17,20,25,37-38,41,43H,8-9,11,14-15H2,1-5H3,(H2,34,42)/t17-,20-,25+,33-/m0/s1. The Kier molecular flexibility index (Phi) is 7.51. The van der Waals surface area contributed by atoms with Crippen molar-refractivity contribution in [3.63, 3.8) is 0 Å². The Morgan fingerprint density at radius 2 is 1.86 bits per heavy atom. The number of amides is 1. The second-order valence-corrected chi connectivity index (χ2v) is 13.4. The fourth-order valence-corrected chi connectivity index (χ4v) is 7.12. The van der Waals surface area contributed by atoms with E-state index in [2.05, 4.69) is 25.8 Å². The van der Waals surface area contributed by atoms with Crippen LogP contribution in [0, 0.1) is 17.3 Å². The number of carbonyl (C=O) groups is 3. The molecule has 1 amide bonds. The van der Waals surface area contributed by atoms with Crippen LogP contribution in [-0.2, 0) is 27.2 Å². The van der Waals surface area contributed by atoms with Crippen molar-refractivity contribution in [3.8, 4) is 17.0 Å². The molecule has 6 N–H and O–H groups in total. The van der Waals surface area contributed by atoms with Crippen molar-refractivity contribution in [2.75, 3.05) is 14.1 Å².